The summed E-state index contributed by atoms with van der Waals surface area (Å²) in [7, 11) is 0. The van der Waals surface area contributed by atoms with E-state index in [1.807, 2.05) is 36.4 Å². The molecule has 8 nitrogen and oxygen atoms in total. The van der Waals surface area contributed by atoms with Gasteiger partial charge in [0.15, 0.2) is 11.5 Å². The van der Waals surface area contributed by atoms with Gasteiger partial charge in [0, 0.05) is 18.7 Å². The van der Waals surface area contributed by atoms with Crippen molar-refractivity contribution in [3.63, 3.8) is 0 Å². The number of nitrogens with one attached hydrogen (secondary N) is 1. The minimum Gasteiger partial charge on any atom is -0.355 e. The van der Waals surface area contributed by atoms with Crippen LogP contribution in [-0.4, -0.2) is 39.3 Å². The Balaban J connectivity index is 1.36. The lowest BCUT2D eigenvalue weighted by Gasteiger charge is -2.15. The summed E-state index contributed by atoms with van der Waals surface area (Å²) in [5, 5.41) is 14.8. The number of nitrogens with zero attached hydrogens (tertiary/aromatic N) is 5. The number of aromatic nitrogens is 4. The summed E-state index contributed by atoms with van der Waals surface area (Å²) in [6.45, 7) is 2.11. The molecule has 0 spiro atoms. The van der Waals surface area contributed by atoms with Crippen LogP contribution in [0.15, 0.2) is 47.0 Å². The molecule has 0 aliphatic carbocycles. The second-order valence-corrected chi connectivity index (χ2v) is 6.03. The van der Waals surface area contributed by atoms with Gasteiger partial charge in [-0.2, -0.15) is 4.98 Å². The molecule has 1 amide bonds. The van der Waals surface area contributed by atoms with Crippen LogP contribution in [0.25, 0.3) is 11.4 Å². The van der Waals surface area contributed by atoms with Crippen LogP contribution in [0.1, 0.15) is 29.2 Å². The molecule has 0 radical (unpaired) electrons. The molecule has 1 aromatic carbocycles. The smallest absolute Gasteiger partial charge is 0.272 e. The number of benzene rings is 1. The fourth-order valence-electron chi connectivity index (χ4n) is 2.84. The predicted octanol–water partition coefficient (Wildman–Crippen LogP) is 2.06. The Kier molecular flexibility index (Phi) is 4.55. The Morgan fingerprint density at radius 2 is 1.88 bits per heavy atom. The number of anilines is 1. The molecule has 0 saturated carbocycles. The largest absolute Gasteiger partial charge is 0.355 e. The van der Waals surface area contributed by atoms with Crippen LogP contribution in [0, 0.1) is 0 Å². The summed E-state index contributed by atoms with van der Waals surface area (Å²) in [6.07, 6.45) is 2.33. The Morgan fingerprint density at radius 3 is 2.62 bits per heavy atom. The molecule has 26 heavy (non-hydrogen) atoms. The standard InChI is InChI=1S/C18H18N6O2/c25-18(14-8-9-15(22-21-14)24-10-4-5-11-24)19-12-16-20-17(23-26-16)13-6-2-1-3-7-13/h1-3,6-9H,4-5,10-12H2,(H,19,25). The monoisotopic (exact) mass is 350 g/mol. The highest BCUT2D eigenvalue weighted by Gasteiger charge is 2.16. The Morgan fingerprint density at radius 1 is 1.08 bits per heavy atom. The summed E-state index contributed by atoms with van der Waals surface area (Å²) >= 11 is 0. The molecule has 0 atom stereocenters. The third kappa shape index (κ3) is 3.53. The molecule has 1 N–H and O–H groups in total. The van der Waals surface area contributed by atoms with E-state index < -0.39 is 0 Å². The van der Waals surface area contributed by atoms with Crippen LogP contribution in [-0.2, 0) is 6.54 Å². The molecule has 1 aliphatic heterocycles. The Bertz CT molecular complexity index is 872. The maximum atomic E-state index is 12.2. The third-order valence-electron chi connectivity index (χ3n) is 4.21. The molecule has 3 aromatic rings. The molecule has 0 unspecified atom stereocenters. The van der Waals surface area contributed by atoms with Gasteiger partial charge in [-0.15, -0.1) is 10.2 Å². The van der Waals surface area contributed by atoms with Gasteiger partial charge in [0.2, 0.25) is 11.7 Å². The SMILES string of the molecule is O=C(NCc1nc(-c2ccccc2)no1)c1ccc(N2CCCC2)nn1. The van der Waals surface area contributed by atoms with Gasteiger partial charge in [-0.05, 0) is 25.0 Å². The van der Waals surface area contributed by atoms with Crippen molar-refractivity contribution in [2.45, 2.75) is 19.4 Å². The van der Waals surface area contributed by atoms with Crippen molar-refractivity contribution in [3.8, 4) is 11.4 Å². The first-order chi connectivity index (χ1) is 12.8. The number of hydrogen-bond donors (Lipinski definition) is 1. The number of rotatable bonds is 5. The van der Waals surface area contributed by atoms with Crippen molar-refractivity contribution in [1.29, 1.82) is 0 Å². The van der Waals surface area contributed by atoms with Crippen molar-refractivity contribution < 1.29 is 9.32 Å². The average molecular weight is 350 g/mol. The fraction of sp³-hybridized carbons (Fsp3) is 0.278. The number of carbonyl (C=O) groups is 1. The van der Waals surface area contributed by atoms with Crippen LogP contribution in [0.5, 0.6) is 0 Å². The van der Waals surface area contributed by atoms with Crippen molar-refractivity contribution in [2.75, 3.05) is 18.0 Å². The molecule has 1 aliphatic rings. The van der Waals surface area contributed by atoms with Crippen molar-refractivity contribution in [3.05, 3.63) is 54.0 Å². The van der Waals surface area contributed by atoms with Crippen molar-refractivity contribution in [1.82, 2.24) is 25.7 Å². The Labute approximate surface area is 150 Å². The highest BCUT2D eigenvalue weighted by atomic mass is 16.5. The lowest BCUT2D eigenvalue weighted by Crippen LogP contribution is -2.25. The number of carbonyl (C=O) groups excluding carboxylic acids is 1. The lowest BCUT2D eigenvalue weighted by molar-refractivity contribution is 0.0940. The summed E-state index contributed by atoms with van der Waals surface area (Å²) in [4.78, 5) is 18.7. The number of amides is 1. The van der Waals surface area contributed by atoms with Crippen LogP contribution >= 0.6 is 0 Å². The summed E-state index contributed by atoms with van der Waals surface area (Å²) in [5.41, 5.74) is 1.12. The first kappa shape index (κ1) is 16.2. The van der Waals surface area contributed by atoms with Crippen LogP contribution in [0.2, 0.25) is 0 Å². The minimum atomic E-state index is -0.329. The molecule has 8 heteroatoms. The zero-order valence-electron chi connectivity index (χ0n) is 14.1. The molecular weight excluding hydrogens is 332 g/mol. The minimum absolute atomic E-state index is 0.133. The van der Waals surface area contributed by atoms with Crippen LogP contribution < -0.4 is 10.2 Å². The first-order valence-corrected chi connectivity index (χ1v) is 8.54. The maximum Gasteiger partial charge on any atom is 0.272 e. The van der Waals surface area contributed by atoms with Gasteiger partial charge in [-0.1, -0.05) is 35.5 Å². The van der Waals surface area contributed by atoms with Gasteiger partial charge in [-0.25, -0.2) is 0 Å². The summed E-state index contributed by atoms with van der Waals surface area (Å²) in [6, 6.07) is 13.0. The van der Waals surface area contributed by atoms with E-state index >= 15 is 0 Å². The lowest BCUT2D eigenvalue weighted by atomic mass is 10.2. The highest BCUT2D eigenvalue weighted by Crippen LogP contribution is 2.17. The molecule has 132 valence electrons. The van der Waals surface area contributed by atoms with Gasteiger partial charge in [0.25, 0.3) is 5.91 Å². The average Bonchev–Trinajstić information content (AvgIpc) is 3.39. The van der Waals surface area contributed by atoms with Gasteiger partial charge in [-0.3, -0.25) is 4.79 Å². The maximum absolute atomic E-state index is 12.2. The van der Waals surface area contributed by atoms with Crippen molar-refractivity contribution in [2.24, 2.45) is 0 Å². The van der Waals surface area contributed by atoms with E-state index in [-0.39, 0.29) is 18.1 Å². The zero-order valence-corrected chi connectivity index (χ0v) is 14.1. The van der Waals surface area contributed by atoms with E-state index in [2.05, 4.69) is 30.6 Å². The molecule has 1 fully saturated rings. The molecule has 3 heterocycles. The third-order valence-corrected chi connectivity index (χ3v) is 4.21. The first-order valence-electron chi connectivity index (χ1n) is 8.54. The van der Waals surface area contributed by atoms with Gasteiger partial charge in [0.05, 0.1) is 6.54 Å². The second-order valence-electron chi connectivity index (χ2n) is 6.03. The van der Waals surface area contributed by atoms with Gasteiger partial charge >= 0.3 is 0 Å². The van der Waals surface area contributed by atoms with Gasteiger partial charge in [0.1, 0.15) is 0 Å². The van der Waals surface area contributed by atoms with Crippen molar-refractivity contribution >= 4 is 11.7 Å². The van der Waals surface area contributed by atoms with E-state index in [9.17, 15) is 4.79 Å². The van der Waals surface area contributed by atoms with E-state index in [4.69, 9.17) is 4.52 Å². The molecule has 0 bridgehead atoms. The normalized spacial score (nSPS) is 13.8. The molecule has 4 rings (SSSR count). The topological polar surface area (TPSA) is 97.0 Å². The van der Waals surface area contributed by atoms with E-state index in [1.165, 1.54) is 12.8 Å². The molecular formula is C18H18N6O2. The van der Waals surface area contributed by atoms with Crippen LogP contribution in [0.3, 0.4) is 0 Å². The molecule has 2 aromatic heterocycles. The number of hydrogen-bond acceptors (Lipinski definition) is 7. The second kappa shape index (κ2) is 7.30. The van der Waals surface area contributed by atoms with Gasteiger partial charge < -0.3 is 14.7 Å². The van der Waals surface area contributed by atoms with E-state index in [1.54, 1.807) is 6.07 Å². The highest BCUT2D eigenvalue weighted by molar-refractivity contribution is 5.92. The zero-order chi connectivity index (χ0) is 17.8. The molecule has 1 saturated heterocycles. The van der Waals surface area contributed by atoms with Crippen LogP contribution in [0.4, 0.5) is 5.82 Å². The predicted molar refractivity (Wildman–Crippen MR) is 94.4 cm³/mol. The fourth-order valence-corrected chi connectivity index (χ4v) is 2.84. The summed E-state index contributed by atoms with van der Waals surface area (Å²) in [5.74, 6) is 1.30. The van der Waals surface area contributed by atoms with E-state index in [0.29, 0.717) is 11.7 Å². The quantitative estimate of drug-likeness (QED) is 0.752. The van der Waals surface area contributed by atoms with E-state index in [0.717, 1.165) is 24.5 Å². The summed E-state index contributed by atoms with van der Waals surface area (Å²) < 4.78 is 5.17. The Hall–Kier alpha value is -3.29.